The summed E-state index contributed by atoms with van der Waals surface area (Å²) in [5, 5.41) is 0. The van der Waals surface area contributed by atoms with Gasteiger partial charge in [0.05, 0.1) is 0 Å². The lowest BCUT2D eigenvalue weighted by Gasteiger charge is -2.17. The van der Waals surface area contributed by atoms with Crippen molar-refractivity contribution in [2.24, 2.45) is 0 Å². The van der Waals surface area contributed by atoms with Crippen LogP contribution in [-0.4, -0.2) is 0 Å². The number of rotatable bonds is 2. The molecular weight excluding hydrogens is 880 g/mol. The maximum atomic E-state index is 4.50. The Morgan fingerprint density at radius 1 is 0.435 bits per heavy atom. The SMILES string of the molecule is Sc1c(Br)c(Br)c(Sc2c(Br)c(Br)c(S)c(Br)c2Br)c(Br)c1Br. The number of halogens is 8. The summed E-state index contributed by atoms with van der Waals surface area (Å²) in [7, 11) is 0. The molecule has 0 saturated heterocycles. The Bertz CT molecular complexity index is 695. The summed E-state index contributed by atoms with van der Waals surface area (Å²) in [4.78, 5) is 3.65. The first kappa shape index (κ1) is 22.6. The lowest BCUT2D eigenvalue weighted by molar-refractivity contribution is 1.18. The normalized spacial score (nSPS) is 11.2. The molecular formula is C12H2Br8S3. The minimum absolute atomic E-state index is 0.819. The van der Waals surface area contributed by atoms with E-state index < -0.39 is 0 Å². The van der Waals surface area contributed by atoms with Crippen LogP contribution in [0.4, 0.5) is 0 Å². The van der Waals surface area contributed by atoms with Crippen molar-refractivity contribution in [2.75, 3.05) is 0 Å². The molecule has 2 rings (SSSR count). The van der Waals surface area contributed by atoms with E-state index in [0.717, 1.165) is 55.4 Å². The fourth-order valence-corrected chi connectivity index (χ4v) is 9.24. The van der Waals surface area contributed by atoms with Gasteiger partial charge in [-0.2, -0.15) is 0 Å². The van der Waals surface area contributed by atoms with E-state index >= 15 is 0 Å². The molecule has 2 aromatic rings. The summed E-state index contributed by atoms with van der Waals surface area (Å²) in [6.07, 6.45) is 0. The van der Waals surface area contributed by atoms with Crippen LogP contribution >= 0.6 is 164 Å². The minimum Gasteiger partial charge on any atom is -0.141 e. The molecule has 0 bridgehead atoms. The van der Waals surface area contributed by atoms with Crippen molar-refractivity contribution in [1.82, 2.24) is 0 Å². The molecule has 0 heterocycles. The molecule has 0 N–H and O–H groups in total. The molecule has 0 fully saturated rings. The maximum absolute atomic E-state index is 4.50. The second-order valence-electron chi connectivity index (χ2n) is 3.97. The molecule has 0 amide bonds. The van der Waals surface area contributed by atoms with Gasteiger partial charge in [-0.3, -0.25) is 0 Å². The van der Waals surface area contributed by atoms with Crippen LogP contribution < -0.4 is 0 Å². The smallest absolute Gasteiger partial charge is 0.0480 e. The van der Waals surface area contributed by atoms with Gasteiger partial charge in [-0.25, -0.2) is 0 Å². The zero-order chi connectivity index (χ0) is 17.6. The Kier molecular flexibility index (Phi) is 9.07. The lowest BCUT2D eigenvalue weighted by Crippen LogP contribution is -1.90. The Labute approximate surface area is 216 Å². The highest BCUT2D eigenvalue weighted by molar-refractivity contribution is 9.14. The van der Waals surface area contributed by atoms with Crippen molar-refractivity contribution in [2.45, 2.75) is 19.6 Å². The highest BCUT2D eigenvalue weighted by Crippen LogP contribution is 2.54. The fraction of sp³-hybridized carbons (Fsp3) is 0. The van der Waals surface area contributed by atoms with Gasteiger partial charge >= 0.3 is 0 Å². The molecule has 11 heteroatoms. The predicted octanol–water partition coefficient (Wildman–Crippen LogP) is 10.5. The van der Waals surface area contributed by atoms with E-state index in [-0.39, 0.29) is 0 Å². The average Bonchev–Trinajstić information content (AvgIpc) is 2.54. The Morgan fingerprint density at radius 3 is 0.870 bits per heavy atom. The highest BCUT2D eigenvalue weighted by atomic mass is 79.9. The van der Waals surface area contributed by atoms with Gasteiger partial charge in [0, 0.05) is 55.4 Å². The summed E-state index contributed by atoms with van der Waals surface area (Å²) in [6, 6.07) is 0. The van der Waals surface area contributed by atoms with Gasteiger partial charge in [0.15, 0.2) is 0 Å². The van der Waals surface area contributed by atoms with Gasteiger partial charge in [-0.15, -0.1) is 25.3 Å². The van der Waals surface area contributed by atoms with Crippen LogP contribution in [-0.2, 0) is 0 Å². The first-order valence-corrected chi connectivity index (χ1v) is 13.4. The molecule has 23 heavy (non-hydrogen) atoms. The second kappa shape index (κ2) is 9.22. The van der Waals surface area contributed by atoms with Crippen molar-refractivity contribution >= 4 is 164 Å². The Balaban J connectivity index is 2.71. The first-order valence-electron chi connectivity index (χ1n) is 5.37. The largest absolute Gasteiger partial charge is 0.141 e. The molecule has 0 unspecified atom stereocenters. The van der Waals surface area contributed by atoms with Crippen molar-refractivity contribution in [1.29, 1.82) is 0 Å². The maximum Gasteiger partial charge on any atom is 0.0480 e. The molecule has 0 spiro atoms. The summed E-state index contributed by atoms with van der Waals surface area (Å²) in [6.45, 7) is 0. The lowest BCUT2D eigenvalue weighted by atomic mass is 10.3. The van der Waals surface area contributed by atoms with Gasteiger partial charge in [-0.05, 0) is 127 Å². The highest BCUT2D eigenvalue weighted by Gasteiger charge is 2.23. The van der Waals surface area contributed by atoms with Crippen LogP contribution in [0.3, 0.4) is 0 Å². The number of thiol groups is 2. The molecule has 0 saturated carbocycles. The predicted molar refractivity (Wildman–Crippen MR) is 133 cm³/mol. The number of hydrogen-bond donors (Lipinski definition) is 2. The van der Waals surface area contributed by atoms with Crippen molar-refractivity contribution in [3.8, 4) is 0 Å². The van der Waals surface area contributed by atoms with Crippen LogP contribution in [0, 0.1) is 0 Å². The molecule has 0 radical (unpaired) electrons. The first-order chi connectivity index (χ1) is 10.6. The van der Waals surface area contributed by atoms with Gasteiger partial charge in [-0.1, -0.05) is 11.8 Å². The van der Waals surface area contributed by atoms with Crippen LogP contribution in [0.1, 0.15) is 0 Å². The van der Waals surface area contributed by atoms with E-state index in [0.29, 0.717) is 0 Å². The third kappa shape index (κ3) is 4.50. The standard InChI is InChI=1S/C12H2Br8S3/c13-1-5(17)11(6(18)2(14)9(1)21)23-12-7(19)3(15)10(22)4(16)8(12)20/h21-22H. The van der Waals surface area contributed by atoms with Crippen LogP contribution in [0.15, 0.2) is 55.4 Å². The van der Waals surface area contributed by atoms with Crippen molar-refractivity contribution < 1.29 is 0 Å². The Hall–Kier alpha value is 3.33. The van der Waals surface area contributed by atoms with E-state index in [1.807, 2.05) is 0 Å². The zero-order valence-corrected chi connectivity index (χ0v) is 25.6. The van der Waals surface area contributed by atoms with Gasteiger partial charge < -0.3 is 0 Å². The summed E-state index contributed by atoms with van der Waals surface area (Å²) in [5.41, 5.74) is 0. The summed E-state index contributed by atoms with van der Waals surface area (Å²) in [5.74, 6) is 0. The van der Waals surface area contributed by atoms with E-state index in [4.69, 9.17) is 0 Å². The van der Waals surface area contributed by atoms with E-state index in [1.54, 1.807) is 11.8 Å². The summed E-state index contributed by atoms with van der Waals surface area (Å²) < 4.78 is 7.22. The number of benzene rings is 2. The van der Waals surface area contributed by atoms with Gasteiger partial charge in [0.1, 0.15) is 0 Å². The molecule has 124 valence electrons. The van der Waals surface area contributed by atoms with Crippen LogP contribution in [0.2, 0.25) is 0 Å². The third-order valence-electron chi connectivity index (χ3n) is 2.60. The molecule has 0 aliphatic heterocycles. The zero-order valence-electron chi connectivity index (χ0n) is 10.3. The molecule has 0 nitrogen and oxygen atoms in total. The monoisotopic (exact) mass is 873 g/mol. The fourth-order valence-electron chi connectivity index (χ4n) is 1.48. The molecule has 0 aromatic heterocycles. The number of hydrogen-bond acceptors (Lipinski definition) is 3. The average molecular weight is 882 g/mol. The molecule has 0 aliphatic rings. The van der Waals surface area contributed by atoms with Crippen molar-refractivity contribution in [3.63, 3.8) is 0 Å². The van der Waals surface area contributed by atoms with Gasteiger partial charge in [0.2, 0.25) is 0 Å². The van der Waals surface area contributed by atoms with E-state index in [9.17, 15) is 0 Å². The van der Waals surface area contributed by atoms with E-state index in [2.05, 4.69) is 153 Å². The second-order valence-corrected chi connectivity index (χ2v) is 12.2. The molecule has 0 aliphatic carbocycles. The van der Waals surface area contributed by atoms with Crippen molar-refractivity contribution in [3.05, 3.63) is 35.8 Å². The molecule has 0 atom stereocenters. The third-order valence-corrected chi connectivity index (χ3v) is 15.5. The topological polar surface area (TPSA) is 0 Å². The van der Waals surface area contributed by atoms with Crippen LogP contribution in [0.5, 0.6) is 0 Å². The van der Waals surface area contributed by atoms with Gasteiger partial charge in [0.25, 0.3) is 0 Å². The van der Waals surface area contributed by atoms with E-state index in [1.165, 1.54) is 0 Å². The van der Waals surface area contributed by atoms with Crippen LogP contribution in [0.25, 0.3) is 0 Å². The minimum atomic E-state index is 0.819. The Morgan fingerprint density at radius 2 is 0.652 bits per heavy atom. The summed E-state index contributed by atoms with van der Waals surface area (Å²) >= 11 is 39.4. The quantitative estimate of drug-likeness (QED) is 0.224. The molecule has 2 aromatic carbocycles.